The summed E-state index contributed by atoms with van der Waals surface area (Å²) in [4.78, 5) is 0. The van der Waals surface area contributed by atoms with Gasteiger partial charge in [-0.1, -0.05) is 12.1 Å². The van der Waals surface area contributed by atoms with Crippen LogP contribution >= 0.6 is 12.1 Å². The van der Waals surface area contributed by atoms with Gasteiger partial charge in [-0.15, -0.1) is 8.13 Å². The maximum absolute atomic E-state index is 13.4. The molecule has 1 aromatic rings. The molecule has 0 bridgehead atoms. The van der Waals surface area contributed by atoms with Crippen LogP contribution < -0.4 is 0 Å². The van der Waals surface area contributed by atoms with Gasteiger partial charge in [0.15, 0.2) is 12.1 Å². The smallest absolute Gasteiger partial charge is 0.206 e. The van der Waals surface area contributed by atoms with E-state index in [1.807, 2.05) is 0 Å². The first-order valence-corrected chi connectivity index (χ1v) is 6.00. The summed E-state index contributed by atoms with van der Waals surface area (Å²) in [5, 5.41) is 0. The molecule has 0 saturated carbocycles. The van der Waals surface area contributed by atoms with Gasteiger partial charge in [0, 0.05) is 0 Å². The van der Waals surface area contributed by atoms with Crippen molar-refractivity contribution in [3.8, 4) is 0 Å². The van der Waals surface area contributed by atoms with Crippen molar-refractivity contribution >= 4 is 41.1 Å². The fourth-order valence-electron chi connectivity index (χ4n) is 0.912. The van der Waals surface area contributed by atoms with Crippen LogP contribution in [0, 0.1) is 5.82 Å². The van der Waals surface area contributed by atoms with Crippen molar-refractivity contribution in [3.05, 3.63) is 35.6 Å². The van der Waals surface area contributed by atoms with Gasteiger partial charge < -0.3 is 0 Å². The summed E-state index contributed by atoms with van der Waals surface area (Å²) in [5.74, 6) is -0.0506. The highest BCUT2D eigenvalue weighted by molar-refractivity contribution is 8.03. The second-order valence-electron chi connectivity index (χ2n) is 2.38. The Bertz CT molecular complexity index is 493. The fraction of sp³-hybridized carbons (Fsp3) is 0. The van der Waals surface area contributed by atoms with Crippen molar-refractivity contribution in [1.29, 1.82) is 0 Å². The third kappa shape index (κ3) is 2.74. The molecular weight excluding hydrogens is 255 g/mol. The number of nitrogens with zero attached hydrogens (tertiary/aromatic N) is 4. The number of benzene rings is 1. The zero-order valence-corrected chi connectivity index (χ0v) is 9.65. The van der Waals surface area contributed by atoms with Gasteiger partial charge in [-0.2, -0.15) is 0 Å². The van der Waals surface area contributed by atoms with Crippen LogP contribution in [-0.4, -0.2) is 5.84 Å². The Morgan fingerprint density at radius 1 is 1.27 bits per heavy atom. The van der Waals surface area contributed by atoms with E-state index in [1.165, 1.54) is 6.07 Å². The Morgan fingerprint density at radius 2 is 2.13 bits per heavy atom. The number of hydrogen-bond donors (Lipinski definition) is 0. The average Bonchev–Trinajstić information content (AvgIpc) is 2.19. The molecule has 0 unspecified atom stereocenters. The summed E-state index contributed by atoms with van der Waals surface area (Å²) < 4.78 is 29.0. The molecule has 0 spiro atoms. The van der Waals surface area contributed by atoms with Crippen LogP contribution in [0.2, 0.25) is 0 Å². The predicted octanol–water partition coefficient (Wildman–Crippen LogP) is 2.78. The van der Waals surface area contributed by atoms with Gasteiger partial charge in [-0.25, -0.2) is 4.39 Å². The molecule has 4 nitrogen and oxygen atoms in total. The molecule has 0 N–H and O–H groups in total. The zero-order valence-electron chi connectivity index (χ0n) is 7.20. The lowest BCUT2D eigenvalue weighted by Crippen LogP contribution is -1.99. The maximum atomic E-state index is 13.4. The third-order valence-corrected chi connectivity index (χ3v) is 3.08. The van der Waals surface area contributed by atoms with E-state index in [-0.39, 0.29) is 5.82 Å². The van der Waals surface area contributed by atoms with Gasteiger partial charge >= 0.3 is 11.7 Å². The molecule has 0 saturated heterocycles. The van der Waals surface area contributed by atoms with Crippen LogP contribution in [0.4, 0.5) is 4.39 Å². The van der Waals surface area contributed by atoms with Crippen LogP contribution in [0.5, 0.6) is 0 Å². The normalized spacial score (nSPS) is 18.6. The highest BCUT2D eigenvalue weighted by Crippen LogP contribution is 2.11. The monoisotopic (exact) mass is 259 g/mol. The van der Waals surface area contributed by atoms with E-state index in [2.05, 4.69) is 16.3 Å². The first kappa shape index (κ1) is 10.5. The molecule has 1 aromatic carbocycles. The Morgan fingerprint density at radius 3 is 3.00 bits per heavy atom. The molecule has 8 heteroatoms. The minimum absolute atomic E-state index is 0.302. The maximum Gasteiger partial charge on any atom is 0.519 e. The second-order valence-corrected chi connectivity index (χ2v) is 4.43. The van der Waals surface area contributed by atoms with Crippen LogP contribution in [0.3, 0.4) is 0 Å². The Labute approximate surface area is 97.4 Å². The summed E-state index contributed by atoms with van der Waals surface area (Å²) in [6.45, 7) is 0. The van der Waals surface area contributed by atoms with Gasteiger partial charge in [0.25, 0.3) is 0 Å². The van der Waals surface area contributed by atoms with E-state index in [0.717, 1.165) is 35.2 Å². The van der Waals surface area contributed by atoms with Crippen LogP contribution in [0.15, 0.2) is 40.6 Å². The van der Waals surface area contributed by atoms with E-state index >= 15 is 0 Å². The van der Waals surface area contributed by atoms with Crippen molar-refractivity contribution < 1.29 is 4.39 Å². The van der Waals surface area contributed by atoms with Crippen LogP contribution in [0.25, 0.3) is 0 Å². The summed E-state index contributed by atoms with van der Waals surface area (Å²) in [6, 6.07) is 6.33. The van der Waals surface area contributed by atoms with Gasteiger partial charge in [-0.3, -0.25) is 0 Å². The van der Waals surface area contributed by atoms with Gasteiger partial charge in [0.2, 0.25) is 5.84 Å². The highest BCUT2D eigenvalue weighted by atomic mass is 32.2. The number of halogens is 1. The molecule has 2 rings (SSSR count). The minimum atomic E-state index is -0.352. The molecule has 0 amide bonds. The number of hydrogen-bond acceptors (Lipinski definition) is 5. The molecule has 0 radical (unpaired) electrons. The van der Waals surface area contributed by atoms with Crippen LogP contribution in [-0.2, 0) is 23.1 Å². The Hall–Kier alpha value is -0.990. The summed E-state index contributed by atoms with van der Waals surface area (Å²) in [5.41, 5.74) is 0.356. The van der Waals surface area contributed by atoms with Gasteiger partial charge in [0.05, 0.1) is 21.3 Å². The summed E-state index contributed by atoms with van der Waals surface area (Å²) >= 11 is 2.91. The quantitative estimate of drug-likeness (QED) is 0.565. The molecule has 0 aromatic heterocycles. The largest absolute Gasteiger partial charge is 0.519 e. The van der Waals surface area contributed by atoms with E-state index in [4.69, 9.17) is 0 Å². The molecule has 76 valence electrons. The van der Waals surface area contributed by atoms with E-state index in [1.54, 1.807) is 18.2 Å². The first-order valence-electron chi connectivity index (χ1n) is 3.81. The zero-order chi connectivity index (χ0) is 10.5. The van der Waals surface area contributed by atoms with Crippen molar-refractivity contribution in [2.75, 3.05) is 0 Å². The summed E-state index contributed by atoms with van der Waals surface area (Å²) in [6.07, 6.45) is 0. The van der Waals surface area contributed by atoms with Crippen molar-refractivity contribution in [1.82, 2.24) is 0 Å². The Kier molecular flexibility index (Phi) is 3.64. The Balaban J connectivity index is 2.46. The summed E-state index contributed by atoms with van der Waals surface area (Å²) in [7, 11) is 0. The molecule has 0 aliphatic carbocycles. The third-order valence-electron chi connectivity index (χ3n) is 1.50. The van der Waals surface area contributed by atoms with Crippen molar-refractivity contribution in [2.45, 2.75) is 0 Å². The average molecular weight is 259 g/mol. The molecule has 1 aliphatic heterocycles. The van der Waals surface area contributed by atoms with E-state index in [9.17, 15) is 4.39 Å². The lowest BCUT2D eigenvalue weighted by Gasteiger charge is -1.95. The van der Waals surface area contributed by atoms with E-state index < -0.39 is 0 Å². The fourth-order valence-corrected chi connectivity index (χ4v) is 2.26. The molecule has 15 heavy (non-hydrogen) atoms. The highest BCUT2D eigenvalue weighted by Gasteiger charge is 2.12. The second kappa shape index (κ2) is 5.19. The molecule has 0 atom stereocenters. The van der Waals surface area contributed by atoms with Gasteiger partial charge in [0.1, 0.15) is 9.59 Å². The number of rotatable bonds is 1. The SMILES string of the molecule is Fc1ccccc1/C1=N/[S+]=NSN=S=N1. The molecular formula is C7H4FN4S3+. The predicted molar refractivity (Wildman–Crippen MR) is 62.5 cm³/mol. The van der Waals surface area contributed by atoms with Crippen molar-refractivity contribution in [3.63, 3.8) is 0 Å². The minimum Gasteiger partial charge on any atom is -0.206 e. The topological polar surface area (TPSA) is 49.4 Å². The van der Waals surface area contributed by atoms with Crippen molar-refractivity contribution in [2.24, 2.45) is 16.3 Å². The van der Waals surface area contributed by atoms with Gasteiger partial charge in [-0.05, 0) is 12.1 Å². The first-order chi connectivity index (χ1) is 7.38. The van der Waals surface area contributed by atoms with Crippen LogP contribution in [0.1, 0.15) is 5.56 Å². The standard InChI is InChI=1S/C7H4FN4S3/c8-6-4-2-1-3-5(6)7-9-13-11-15-12-14-10-7/h1-4H/q+1/b9-7-. The van der Waals surface area contributed by atoms with E-state index in [0.29, 0.717) is 11.4 Å². The molecule has 0 fully saturated rings. The molecule has 1 aliphatic rings. The lowest BCUT2D eigenvalue weighted by molar-refractivity contribution is 0.625. The molecule has 1 heterocycles. The lowest BCUT2D eigenvalue weighted by atomic mass is 10.2. The number of amidine groups is 1.